The lowest BCUT2D eigenvalue weighted by molar-refractivity contribution is 0.174. The van der Waals surface area contributed by atoms with Crippen molar-refractivity contribution in [1.82, 2.24) is 5.43 Å². The number of benzene rings is 2. The maximum Gasteiger partial charge on any atom is 0.332 e. The summed E-state index contributed by atoms with van der Waals surface area (Å²) in [5.41, 5.74) is 9.83. The maximum atomic E-state index is 10.8. The number of carbonyl (C=O) groups excluding carboxylic acids is 1. The molecular formula is C20H23N3O5. The SMILES string of the molecule is COc1ccc([C@H](C)c2cc3c(cc2OC/C(C)=N\NC(N)=O)OCO3)cc1. The Balaban J connectivity index is 1.86. The summed E-state index contributed by atoms with van der Waals surface area (Å²) in [5.74, 6) is 2.80. The number of hydrazone groups is 1. The number of ether oxygens (including phenoxy) is 4. The fourth-order valence-electron chi connectivity index (χ4n) is 2.84. The number of nitrogens with zero attached hydrogens (tertiary/aromatic N) is 1. The van der Waals surface area contributed by atoms with Crippen molar-refractivity contribution in [3.05, 3.63) is 47.5 Å². The zero-order valence-electron chi connectivity index (χ0n) is 16.0. The van der Waals surface area contributed by atoms with E-state index < -0.39 is 6.03 Å². The smallest absolute Gasteiger partial charge is 0.332 e. The van der Waals surface area contributed by atoms with Crippen molar-refractivity contribution < 1.29 is 23.7 Å². The van der Waals surface area contributed by atoms with Crippen LogP contribution in [-0.4, -0.2) is 32.3 Å². The molecule has 28 heavy (non-hydrogen) atoms. The van der Waals surface area contributed by atoms with Gasteiger partial charge in [0.2, 0.25) is 6.79 Å². The van der Waals surface area contributed by atoms with Gasteiger partial charge in [0.25, 0.3) is 0 Å². The van der Waals surface area contributed by atoms with E-state index in [9.17, 15) is 4.79 Å². The minimum Gasteiger partial charge on any atom is -0.497 e. The van der Waals surface area contributed by atoms with Gasteiger partial charge >= 0.3 is 6.03 Å². The number of nitrogens with one attached hydrogen (secondary N) is 1. The quantitative estimate of drug-likeness (QED) is 0.563. The topological polar surface area (TPSA) is 104 Å². The van der Waals surface area contributed by atoms with E-state index in [1.807, 2.05) is 36.4 Å². The van der Waals surface area contributed by atoms with Crippen LogP contribution < -0.4 is 30.1 Å². The number of nitrogens with two attached hydrogens (primary N) is 1. The van der Waals surface area contributed by atoms with E-state index in [1.165, 1.54) is 0 Å². The summed E-state index contributed by atoms with van der Waals surface area (Å²) in [6, 6.07) is 10.9. The Morgan fingerprint density at radius 2 is 1.93 bits per heavy atom. The average Bonchev–Trinajstić information content (AvgIpc) is 3.16. The molecule has 3 N–H and O–H groups in total. The molecule has 0 unspecified atom stereocenters. The summed E-state index contributed by atoms with van der Waals surface area (Å²) in [4.78, 5) is 10.8. The van der Waals surface area contributed by atoms with E-state index in [0.717, 1.165) is 16.9 Å². The first-order chi connectivity index (χ1) is 13.5. The van der Waals surface area contributed by atoms with Crippen molar-refractivity contribution >= 4 is 11.7 Å². The molecule has 0 saturated carbocycles. The van der Waals surface area contributed by atoms with Gasteiger partial charge in [-0.2, -0.15) is 5.10 Å². The van der Waals surface area contributed by atoms with E-state index >= 15 is 0 Å². The standard InChI is InChI=1S/C20H23N3O5/c1-12(22-23-20(21)24)10-26-17-9-19-18(27-11-28-19)8-16(17)13(2)14-4-6-15(25-3)7-5-14/h4-9,13H,10-11H2,1-3H3,(H3,21,23,24)/b22-12-/t13-/m0/s1. The van der Waals surface area contributed by atoms with Crippen LogP contribution in [0.4, 0.5) is 4.79 Å². The predicted octanol–water partition coefficient (Wildman–Crippen LogP) is 3.00. The Morgan fingerprint density at radius 3 is 2.57 bits per heavy atom. The van der Waals surface area contributed by atoms with Crippen LogP contribution in [0.2, 0.25) is 0 Å². The highest BCUT2D eigenvalue weighted by molar-refractivity contribution is 5.85. The van der Waals surface area contributed by atoms with Gasteiger partial charge < -0.3 is 24.7 Å². The van der Waals surface area contributed by atoms with Crippen LogP contribution in [0.5, 0.6) is 23.0 Å². The van der Waals surface area contributed by atoms with Crippen LogP contribution in [0, 0.1) is 0 Å². The summed E-state index contributed by atoms with van der Waals surface area (Å²) in [6.45, 7) is 4.18. The second-order valence-corrected chi connectivity index (χ2v) is 6.35. The van der Waals surface area contributed by atoms with E-state index in [-0.39, 0.29) is 19.3 Å². The van der Waals surface area contributed by atoms with Crippen LogP contribution in [-0.2, 0) is 0 Å². The van der Waals surface area contributed by atoms with Crippen LogP contribution in [0.3, 0.4) is 0 Å². The minimum atomic E-state index is -0.726. The molecule has 3 rings (SSSR count). The number of fused-ring (bicyclic) bond motifs is 1. The van der Waals surface area contributed by atoms with Gasteiger partial charge in [0.05, 0.1) is 12.8 Å². The molecule has 1 aliphatic heterocycles. The summed E-state index contributed by atoms with van der Waals surface area (Å²) in [7, 11) is 1.64. The second kappa shape index (κ2) is 8.51. The molecule has 2 aromatic carbocycles. The molecule has 8 heteroatoms. The van der Waals surface area contributed by atoms with Crippen LogP contribution in [0.1, 0.15) is 30.9 Å². The number of carbonyl (C=O) groups is 1. The highest BCUT2D eigenvalue weighted by Crippen LogP contribution is 2.42. The van der Waals surface area contributed by atoms with Gasteiger partial charge in [-0.05, 0) is 30.7 Å². The van der Waals surface area contributed by atoms with Gasteiger partial charge in [0.15, 0.2) is 11.5 Å². The average molecular weight is 385 g/mol. The highest BCUT2D eigenvalue weighted by Gasteiger charge is 2.22. The molecule has 0 saturated heterocycles. The molecule has 148 valence electrons. The Bertz CT molecular complexity index is 880. The largest absolute Gasteiger partial charge is 0.497 e. The number of rotatable bonds is 7. The summed E-state index contributed by atoms with van der Waals surface area (Å²) < 4.78 is 22.2. The summed E-state index contributed by atoms with van der Waals surface area (Å²) in [6.07, 6.45) is 0. The first kappa shape index (κ1) is 19.3. The monoisotopic (exact) mass is 385 g/mol. The number of primary amides is 1. The van der Waals surface area contributed by atoms with Gasteiger partial charge in [-0.25, -0.2) is 10.2 Å². The van der Waals surface area contributed by atoms with Crippen molar-refractivity contribution in [1.29, 1.82) is 0 Å². The number of urea groups is 1. The molecule has 0 spiro atoms. The van der Waals surface area contributed by atoms with E-state index in [4.69, 9.17) is 24.7 Å². The van der Waals surface area contributed by atoms with Crippen LogP contribution in [0.15, 0.2) is 41.5 Å². The molecule has 0 radical (unpaired) electrons. The van der Waals surface area contributed by atoms with Gasteiger partial charge in [-0.3, -0.25) is 0 Å². The Kier molecular flexibility index (Phi) is 5.88. The fraction of sp³-hybridized carbons (Fsp3) is 0.300. The first-order valence-corrected chi connectivity index (χ1v) is 8.77. The van der Waals surface area contributed by atoms with Crippen LogP contribution >= 0.6 is 0 Å². The maximum absolute atomic E-state index is 10.8. The summed E-state index contributed by atoms with van der Waals surface area (Å²) in [5, 5.41) is 3.86. The molecule has 1 heterocycles. The Morgan fingerprint density at radius 1 is 1.25 bits per heavy atom. The minimum absolute atomic E-state index is 0.0383. The molecule has 0 fully saturated rings. The van der Waals surface area contributed by atoms with Gasteiger partial charge in [0.1, 0.15) is 18.1 Å². The third kappa shape index (κ3) is 4.46. The number of hydrogen-bond acceptors (Lipinski definition) is 6. The third-order valence-corrected chi connectivity index (χ3v) is 4.38. The van der Waals surface area contributed by atoms with Crippen molar-refractivity contribution in [2.45, 2.75) is 19.8 Å². The molecule has 1 aliphatic rings. The zero-order chi connectivity index (χ0) is 20.1. The third-order valence-electron chi connectivity index (χ3n) is 4.38. The number of methoxy groups -OCH3 is 1. The van der Waals surface area contributed by atoms with E-state index in [2.05, 4.69) is 17.5 Å². The van der Waals surface area contributed by atoms with Crippen molar-refractivity contribution in [3.63, 3.8) is 0 Å². The van der Waals surface area contributed by atoms with E-state index in [1.54, 1.807) is 14.0 Å². The molecule has 8 nitrogen and oxygen atoms in total. The van der Waals surface area contributed by atoms with E-state index in [0.29, 0.717) is 23.0 Å². The second-order valence-electron chi connectivity index (χ2n) is 6.35. The molecule has 0 aromatic heterocycles. The predicted molar refractivity (Wildman–Crippen MR) is 104 cm³/mol. The van der Waals surface area contributed by atoms with Crippen molar-refractivity contribution in [2.75, 3.05) is 20.5 Å². The lowest BCUT2D eigenvalue weighted by atomic mass is 9.92. The lowest BCUT2D eigenvalue weighted by Crippen LogP contribution is -2.26. The first-order valence-electron chi connectivity index (χ1n) is 8.77. The van der Waals surface area contributed by atoms with Gasteiger partial charge in [-0.15, -0.1) is 0 Å². The number of amides is 2. The van der Waals surface area contributed by atoms with Crippen molar-refractivity contribution in [2.24, 2.45) is 10.8 Å². The summed E-state index contributed by atoms with van der Waals surface area (Å²) >= 11 is 0. The highest BCUT2D eigenvalue weighted by atomic mass is 16.7. The normalized spacial score (nSPS) is 13.8. The molecule has 2 amide bonds. The number of hydrogen-bond donors (Lipinski definition) is 2. The van der Waals surface area contributed by atoms with Gasteiger partial charge in [-0.1, -0.05) is 19.1 Å². The molecule has 0 aliphatic carbocycles. The van der Waals surface area contributed by atoms with Crippen molar-refractivity contribution in [3.8, 4) is 23.0 Å². The van der Waals surface area contributed by atoms with Gasteiger partial charge in [0, 0.05) is 17.5 Å². The molecular weight excluding hydrogens is 362 g/mol. The Hall–Kier alpha value is -3.42. The Labute approximate surface area is 163 Å². The lowest BCUT2D eigenvalue weighted by Gasteiger charge is -2.18. The molecule has 2 aromatic rings. The van der Waals surface area contributed by atoms with Crippen LogP contribution in [0.25, 0.3) is 0 Å². The fourth-order valence-corrected chi connectivity index (χ4v) is 2.84. The molecule has 0 bridgehead atoms. The molecule has 1 atom stereocenters. The zero-order valence-corrected chi connectivity index (χ0v) is 16.0.